The van der Waals surface area contributed by atoms with E-state index in [9.17, 15) is 4.79 Å². The maximum absolute atomic E-state index is 12.3. The zero-order valence-electron chi connectivity index (χ0n) is 11.5. The molecule has 1 aromatic carbocycles. The molecular weight excluding hydrogens is 258 g/mol. The third-order valence-electron chi connectivity index (χ3n) is 3.41. The van der Waals surface area contributed by atoms with Gasteiger partial charge in [-0.1, -0.05) is 6.07 Å². The lowest BCUT2D eigenvalue weighted by atomic mass is 10.2. The second kappa shape index (κ2) is 6.30. The topological polar surface area (TPSA) is 58.4 Å². The molecule has 1 heterocycles. The zero-order chi connectivity index (χ0) is 13.8. The van der Waals surface area contributed by atoms with Crippen molar-refractivity contribution in [3.8, 4) is 0 Å². The Labute approximate surface area is 118 Å². The number of piperazine rings is 1. The van der Waals surface area contributed by atoms with E-state index >= 15 is 0 Å². The number of thioether (sulfide) groups is 1. The molecule has 0 spiro atoms. The first-order chi connectivity index (χ1) is 9.09. The van der Waals surface area contributed by atoms with E-state index < -0.39 is 0 Å². The van der Waals surface area contributed by atoms with Crippen molar-refractivity contribution in [2.45, 2.75) is 24.0 Å². The molecule has 1 aromatic rings. The van der Waals surface area contributed by atoms with E-state index in [0.29, 0.717) is 0 Å². The number of rotatable bonds is 3. The minimum Gasteiger partial charge on any atom is -0.398 e. The summed E-state index contributed by atoms with van der Waals surface area (Å²) in [5, 5.41) is 3.19. The highest BCUT2D eigenvalue weighted by Gasteiger charge is 2.23. The van der Waals surface area contributed by atoms with Crippen molar-refractivity contribution < 1.29 is 4.79 Å². The van der Waals surface area contributed by atoms with Gasteiger partial charge in [-0.25, -0.2) is 0 Å². The van der Waals surface area contributed by atoms with Gasteiger partial charge in [0.15, 0.2) is 0 Å². The van der Waals surface area contributed by atoms with Gasteiger partial charge in [-0.3, -0.25) is 4.79 Å². The predicted octanol–water partition coefficient (Wildman–Crippen LogP) is 1.49. The molecule has 0 aromatic heterocycles. The number of hydrogen-bond acceptors (Lipinski definition) is 4. The molecule has 104 valence electrons. The first-order valence-electron chi connectivity index (χ1n) is 6.61. The van der Waals surface area contributed by atoms with Crippen LogP contribution in [0.5, 0.6) is 0 Å². The van der Waals surface area contributed by atoms with Gasteiger partial charge in [0.1, 0.15) is 0 Å². The van der Waals surface area contributed by atoms with Crippen molar-refractivity contribution in [1.82, 2.24) is 10.2 Å². The monoisotopic (exact) mass is 279 g/mol. The van der Waals surface area contributed by atoms with Crippen molar-refractivity contribution in [3.63, 3.8) is 0 Å². The third-order valence-corrected chi connectivity index (χ3v) is 4.66. The fourth-order valence-electron chi connectivity index (χ4n) is 2.14. The third kappa shape index (κ3) is 3.42. The van der Waals surface area contributed by atoms with Gasteiger partial charge in [0, 0.05) is 36.8 Å². The smallest absolute Gasteiger partial charge is 0.235 e. The number of nitrogen functional groups attached to an aromatic ring is 1. The van der Waals surface area contributed by atoms with Crippen LogP contribution in [-0.2, 0) is 4.79 Å². The van der Waals surface area contributed by atoms with Crippen LogP contribution in [0.3, 0.4) is 0 Å². The van der Waals surface area contributed by atoms with Crippen molar-refractivity contribution in [2.24, 2.45) is 0 Å². The molecule has 1 amide bonds. The Bertz CT molecular complexity index is 458. The van der Waals surface area contributed by atoms with Crippen molar-refractivity contribution in [3.05, 3.63) is 23.8 Å². The quantitative estimate of drug-likeness (QED) is 0.650. The molecule has 0 radical (unpaired) electrons. The van der Waals surface area contributed by atoms with E-state index in [2.05, 4.69) is 5.32 Å². The lowest BCUT2D eigenvalue weighted by Crippen LogP contribution is -2.48. The van der Waals surface area contributed by atoms with Gasteiger partial charge in [-0.15, -0.1) is 11.8 Å². The second-order valence-electron chi connectivity index (χ2n) is 4.81. The average molecular weight is 279 g/mol. The molecule has 3 N–H and O–H groups in total. The molecule has 1 aliphatic heterocycles. The summed E-state index contributed by atoms with van der Waals surface area (Å²) in [6.45, 7) is 7.36. The summed E-state index contributed by atoms with van der Waals surface area (Å²) in [4.78, 5) is 15.4. The van der Waals surface area contributed by atoms with Crippen LogP contribution in [0.2, 0.25) is 0 Å². The van der Waals surface area contributed by atoms with Crippen LogP contribution in [0, 0.1) is 6.92 Å². The number of amides is 1. The molecule has 0 bridgehead atoms. The number of carbonyl (C=O) groups is 1. The molecule has 1 saturated heterocycles. The molecule has 4 nitrogen and oxygen atoms in total. The van der Waals surface area contributed by atoms with Crippen LogP contribution < -0.4 is 11.1 Å². The van der Waals surface area contributed by atoms with Crippen LogP contribution in [0.1, 0.15) is 12.5 Å². The summed E-state index contributed by atoms with van der Waals surface area (Å²) in [7, 11) is 0. The first kappa shape index (κ1) is 14.2. The van der Waals surface area contributed by atoms with E-state index in [0.717, 1.165) is 42.3 Å². The van der Waals surface area contributed by atoms with Crippen LogP contribution in [-0.4, -0.2) is 42.2 Å². The highest BCUT2D eigenvalue weighted by atomic mass is 32.2. The number of anilines is 1. The molecule has 1 aliphatic rings. The SMILES string of the molecule is Cc1c(N)cccc1SC(C)C(=O)N1CCNCC1. The second-order valence-corrected chi connectivity index (χ2v) is 6.19. The molecule has 1 fully saturated rings. The minimum atomic E-state index is -0.0707. The average Bonchev–Trinajstić information content (AvgIpc) is 2.44. The molecule has 1 unspecified atom stereocenters. The Morgan fingerprint density at radius 3 is 2.79 bits per heavy atom. The van der Waals surface area contributed by atoms with E-state index in [4.69, 9.17) is 5.73 Å². The lowest BCUT2D eigenvalue weighted by molar-refractivity contribution is -0.130. The number of carbonyl (C=O) groups excluding carboxylic acids is 1. The zero-order valence-corrected chi connectivity index (χ0v) is 12.3. The van der Waals surface area contributed by atoms with Gasteiger partial charge < -0.3 is 16.0 Å². The van der Waals surface area contributed by atoms with E-state index in [1.165, 1.54) is 0 Å². The summed E-state index contributed by atoms with van der Waals surface area (Å²) in [6.07, 6.45) is 0. The highest BCUT2D eigenvalue weighted by Crippen LogP contribution is 2.30. The largest absolute Gasteiger partial charge is 0.398 e. The van der Waals surface area contributed by atoms with Gasteiger partial charge >= 0.3 is 0 Å². The Morgan fingerprint density at radius 1 is 1.42 bits per heavy atom. The van der Waals surface area contributed by atoms with E-state index in [1.54, 1.807) is 11.8 Å². The van der Waals surface area contributed by atoms with Crippen molar-refractivity contribution in [1.29, 1.82) is 0 Å². The Balaban J connectivity index is 2.01. The maximum atomic E-state index is 12.3. The number of nitrogens with one attached hydrogen (secondary N) is 1. The van der Waals surface area contributed by atoms with Gasteiger partial charge in [-0.05, 0) is 31.5 Å². The van der Waals surface area contributed by atoms with Crippen LogP contribution in [0.25, 0.3) is 0 Å². The first-order valence-corrected chi connectivity index (χ1v) is 7.49. The van der Waals surface area contributed by atoms with Crippen molar-refractivity contribution in [2.75, 3.05) is 31.9 Å². The molecule has 1 atom stereocenters. The van der Waals surface area contributed by atoms with Gasteiger partial charge in [0.2, 0.25) is 5.91 Å². The number of nitrogens with zero attached hydrogens (tertiary/aromatic N) is 1. The van der Waals surface area contributed by atoms with Crippen molar-refractivity contribution >= 4 is 23.4 Å². The highest BCUT2D eigenvalue weighted by molar-refractivity contribution is 8.00. The summed E-state index contributed by atoms with van der Waals surface area (Å²) >= 11 is 1.59. The summed E-state index contributed by atoms with van der Waals surface area (Å²) in [6, 6.07) is 5.85. The molecule has 0 saturated carbocycles. The van der Waals surface area contributed by atoms with Gasteiger partial charge in [0.25, 0.3) is 0 Å². The van der Waals surface area contributed by atoms with Crippen LogP contribution in [0.4, 0.5) is 5.69 Å². The number of nitrogens with two attached hydrogens (primary N) is 1. The molecule has 0 aliphatic carbocycles. The maximum Gasteiger partial charge on any atom is 0.235 e. The summed E-state index contributed by atoms with van der Waals surface area (Å²) < 4.78 is 0. The van der Waals surface area contributed by atoms with E-state index in [-0.39, 0.29) is 11.2 Å². The molecule has 2 rings (SSSR count). The fraction of sp³-hybridized carbons (Fsp3) is 0.500. The Hall–Kier alpha value is -1.20. The summed E-state index contributed by atoms with van der Waals surface area (Å²) in [5.74, 6) is 0.216. The van der Waals surface area contributed by atoms with E-state index in [1.807, 2.05) is 36.9 Å². The van der Waals surface area contributed by atoms with Crippen LogP contribution >= 0.6 is 11.8 Å². The molecular formula is C14H21N3OS. The Morgan fingerprint density at radius 2 is 2.11 bits per heavy atom. The summed E-state index contributed by atoms with van der Waals surface area (Å²) in [5.41, 5.74) is 7.74. The molecule has 5 heteroatoms. The normalized spacial score (nSPS) is 17.3. The predicted molar refractivity (Wildman–Crippen MR) is 80.4 cm³/mol. The molecule has 19 heavy (non-hydrogen) atoms. The van der Waals surface area contributed by atoms with Crippen LogP contribution in [0.15, 0.2) is 23.1 Å². The fourth-order valence-corrected chi connectivity index (χ4v) is 3.22. The van der Waals surface area contributed by atoms with Gasteiger partial charge in [-0.2, -0.15) is 0 Å². The lowest BCUT2D eigenvalue weighted by Gasteiger charge is -2.29. The standard InChI is InChI=1S/C14H21N3OS/c1-10-12(15)4-3-5-13(10)19-11(2)14(18)17-8-6-16-7-9-17/h3-5,11,16H,6-9,15H2,1-2H3. The minimum absolute atomic E-state index is 0.0707. The number of hydrogen-bond donors (Lipinski definition) is 2. The Kier molecular flexibility index (Phi) is 4.71. The van der Waals surface area contributed by atoms with Gasteiger partial charge in [0.05, 0.1) is 5.25 Å². The number of benzene rings is 1.